The average molecular weight is 357 g/mol. The van der Waals surface area contributed by atoms with Gasteiger partial charge in [-0.15, -0.1) is 0 Å². The number of amides is 1. The van der Waals surface area contributed by atoms with Crippen LogP contribution < -0.4 is 16.0 Å². The molecule has 1 heterocycles. The summed E-state index contributed by atoms with van der Waals surface area (Å²) in [5, 5.41) is 3.02. The highest BCUT2D eigenvalue weighted by Gasteiger charge is 2.14. The minimum Gasteiger partial charge on any atom is -0.399 e. The van der Waals surface area contributed by atoms with Crippen molar-refractivity contribution >= 4 is 23.0 Å². The second kappa shape index (κ2) is 7.54. The molecule has 0 saturated carbocycles. The molecular weight excluding hydrogens is 334 g/mol. The van der Waals surface area contributed by atoms with Crippen LogP contribution in [0.15, 0.2) is 72.8 Å². The van der Waals surface area contributed by atoms with Crippen LogP contribution >= 0.6 is 0 Å². The summed E-state index contributed by atoms with van der Waals surface area (Å²) in [4.78, 5) is 15.1. The monoisotopic (exact) mass is 357 g/mol. The standard InChI is InChI=1S/C23H23N3O/c24-19-10-13-21(17-6-2-1-3-7-17)22(16-19)25-23(27)18-8-11-20(12-9-18)26-14-4-5-15-26/h1-3,6-13,16H,4-5,14-15,24H2,(H,25,27). The topological polar surface area (TPSA) is 58.4 Å². The Morgan fingerprint density at radius 3 is 2.30 bits per heavy atom. The minimum absolute atomic E-state index is 0.134. The first-order valence-electron chi connectivity index (χ1n) is 9.32. The van der Waals surface area contributed by atoms with E-state index in [1.54, 1.807) is 6.07 Å². The molecule has 1 aliphatic heterocycles. The van der Waals surface area contributed by atoms with E-state index in [9.17, 15) is 4.79 Å². The molecule has 1 aliphatic rings. The van der Waals surface area contributed by atoms with E-state index in [1.165, 1.54) is 18.5 Å². The lowest BCUT2D eigenvalue weighted by Gasteiger charge is -2.18. The summed E-state index contributed by atoms with van der Waals surface area (Å²) in [6, 6.07) is 23.4. The van der Waals surface area contributed by atoms with Gasteiger partial charge in [0.05, 0.1) is 5.69 Å². The summed E-state index contributed by atoms with van der Waals surface area (Å²) in [5.74, 6) is -0.134. The summed E-state index contributed by atoms with van der Waals surface area (Å²) < 4.78 is 0. The molecule has 4 rings (SSSR count). The molecule has 27 heavy (non-hydrogen) atoms. The van der Waals surface area contributed by atoms with Crippen LogP contribution in [0, 0.1) is 0 Å². The van der Waals surface area contributed by atoms with Gasteiger partial charge in [-0.05, 0) is 54.8 Å². The molecule has 4 nitrogen and oxygen atoms in total. The zero-order valence-electron chi connectivity index (χ0n) is 15.2. The van der Waals surface area contributed by atoms with E-state index in [1.807, 2.05) is 66.7 Å². The SMILES string of the molecule is Nc1ccc(-c2ccccc2)c(NC(=O)c2ccc(N3CCCC3)cc2)c1. The maximum Gasteiger partial charge on any atom is 0.255 e. The maximum absolute atomic E-state index is 12.8. The Kier molecular flexibility index (Phi) is 4.79. The molecule has 1 fully saturated rings. The number of carbonyl (C=O) groups is 1. The van der Waals surface area contributed by atoms with E-state index in [0.29, 0.717) is 11.3 Å². The van der Waals surface area contributed by atoms with Crippen molar-refractivity contribution in [1.82, 2.24) is 0 Å². The maximum atomic E-state index is 12.8. The van der Waals surface area contributed by atoms with Crippen molar-refractivity contribution in [2.24, 2.45) is 0 Å². The molecule has 4 heteroatoms. The fourth-order valence-corrected chi connectivity index (χ4v) is 3.53. The van der Waals surface area contributed by atoms with Gasteiger partial charge in [0, 0.05) is 35.6 Å². The first-order chi connectivity index (χ1) is 13.2. The van der Waals surface area contributed by atoms with E-state index < -0.39 is 0 Å². The van der Waals surface area contributed by atoms with Crippen molar-refractivity contribution in [2.45, 2.75) is 12.8 Å². The van der Waals surface area contributed by atoms with Crippen molar-refractivity contribution in [3.63, 3.8) is 0 Å². The van der Waals surface area contributed by atoms with E-state index in [4.69, 9.17) is 5.73 Å². The van der Waals surface area contributed by atoms with Crippen LogP contribution in [0.3, 0.4) is 0 Å². The third-order valence-electron chi connectivity index (χ3n) is 4.98. The number of nitrogens with zero attached hydrogens (tertiary/aromatic N) is 1. The van der Waals surface area contributed by atoms with Gasteiger partial charge in [0.2, 0.25) is 0 Å². The van der Waals surface area contributed by atoms with E-state index in [2.05, 4.69) is 10.2 Å². The first kappa shape index (κ1) is 17.2. The zero-order chi connectivity index (χ0) is 18.6. The number of hydrogen-bond acceptors (Lipinski definition) is 3. The molecule has 0 unspecified atom stereocenters. The highest BCUT2D eigenvalue weighted by molar-refractivity contribution is 6.06. The number of benzene rings is 3. The predicted molar refractivity (Wildman–Crippen MR) is 112 cm³/mol. The quantitative estimate of drug-likeness (QED) is 0.660. The Hall–Kier alpha value is -3.27. The van der Waals surface area contributed by atoms with Crippen LogP contribution in [0.2, 0.25) is 0 Å². The smallest absolute Gasteiger partial charge is 0.255 e. The average Bonchev–Trinajstić information content (AvgIpc) is 3.24. The summed E-state index contributed by atoms with van der Waals surface area (Å²) in [5.41, 5.74) is 11.1. The highest BCUT2D eigenvalue weighted by atomic mass is 16.1. The van der Waals surface area contributed by atoms with Crippen molar-refractivity contribution in [1.29, 1.82) is 0 Å². The first-order valence-corrected chi connectivity index (χ1v) is 9.32. The molecule has 1 amide bonds. The molecule has 136 valence electrons. The second-order valence-electron chi connectivity index (χ2n) is 6.87. The Balaban J connectivity index is 1.57. The lowest BCUT2D eigenvalue weighted by Crippen LogP contribution is -2.18. The zero-order valence-corrected chi connectivity index (χ0v) is 15.2. The fourth-order valence-electron chi connectivity index (χ4n) is 3.53. The predicted octanol–water partition coefficient (Wildman–Crippen LogP) is 4.79. The van der Waals surface area contributed by atoms with Crippen LogP contribution in [-0.4, -0.2) is 19.0 Å². The van der Waals surface area contributed by atoms with Gasteiger partial charge in [-0.1, -0.05) is 36.4 Å². The lowest BCUT2D eigenvalue weighted by molar-refractivity contribution is 0.102. The minimum atomic E-state index is -0.134. The molecular formula is C23H23N3O. The molecule has 3 aromatic rings. The van der Waals surface area contributed by atoms with Gasteiger partial charge in [0.25, 0.3) is 5.91 Å². The summed E-state index contributed by atoms with van der Waals surface area (Å²) in [6.45, 7) is 2.19. The number of hydrogen-bond donors (Lipinski definition) is 2. The summed E-state index contributed by atoms with van der Waals surface area (Å²) in [6.07, 6.45) is 2.47. The molecule has 0 radical (unpaired) electrons. The Morgan fingerprint density at radius 2 is 1.59 bits per heavy atom. The number of nitrogens with one attached hydrogen (secondary N) is 1. The second-order valence-corrected chi connectivity index (χ2v) is 6.87. The highest BCUT2D eigenvalue weighted by Crippen LogP contribution is 2.30. The molecule has 0 bridgehead atoms. The molecule has 3 aromatic carbocycles. The van der Waals surface area contributed by atoms with E-state index in [0.717, 1.165) is 29.9 Å². The fraction of sp³-hybridized carbons (Fsp3) is 0.174. The third kappa shape index (κ3) is 3.80. The normalized spacial score (nSPS) is 13.6. The van der Waals surface area contributed by atoms with Crippen LogP contribution in [0.5, 0.6) is 0 Å². The van der Waals surface area contributed by atoms with Gasteiger partial charge in [0.1, 0.15) is 0 Å². The number of carbonyl (C=O) groups excluding carboxylic acids is 1. The van der Waals surface area contributed by atoms with Gasteiger partial charge >= 0.3 is 0 Å². The van der Waals surface area contributed by atoms with Crippen LogP contribution in [-0.2, 0) is 0 Å². The Bertz CT molecular complexity index is 930. The lowest BCUT2D eigenvalue weighted by atomic mass is 10.0. The van der Waals surface area contributed by atoms with Gasteiger partial charge < -0.3 is 16.0 Å². The van der Waals surface area contributed by atoms with Gasteiger partial charge in [-0.25, -0.2) is 0 Å². The molecule has 0 aliphatic carbocycles. The van der Waals surface area contributed by atoms with Crippen LogP contribution in [0.4, 0.5) is 17.1 Å². The van der Waals surface area contributed by atoms with Crippen molar-refractivity contribution in [3.8, 4) is 11.1 Å². The summed E-state index contributed by atoms with van der Waals surface area (Å²) in [7, 11) is 0. The molecule has 0 aromatic heterocycles. The summed E-state index contributed by atoms with van der Waals surface area (Å²) >= 11 is 0. The van der Waals surface area contributed by atoms with Crippen molar-refractivity contribution in [2.75, 3.05) is 29.0 Å². The molecule has 3 N–H and O–H groups in total. The van der Waals surface area contributed by atoms with Crippen LogP contribution in [0.25, 0.3) is 11.1 Å². The Labute approximate surface area is 159 Å². The number of nitrogens with two attached hydrogens (primary N) is 1. The van der Waals surface area contributed by atoms with E-state index >= 15 is 0 Å². The number of rotatable bonds is 4. The van der Waals surface area contributed by atoms with Gasteiger partial charge in [-0.3, -0.25) is 4.79 Å². The largest absolute Gasteiger partial charge is 0.399 e. The van der Waals surface area contributed by atoms with Gasteiger partial charge in [-0.2, -0.15) is 0 Å². The number of anilines is 3. The van der Waals surface area contributed by atoms with Gasteiger partial charge in [0.15, 0.2) is 0 Å². The third-order valence-corrected chi connectivity index (χ3v) is 4.98. The van der Waals surface area contributed by atoms with E-state index in [-0.39, 0.29) is 5.91 Å². The number of nitrogen functional groups attached to an aromatic ring is 1. The Morgan fingerprint density at radius 1 is 0.889 bits per heavy atom. The van der Waals surface area contributed by atoms with Crippen molar-refractivity contribution in [3.05, 3.63) is 78.4 Å². The molecule has 1 saturated heterocycles. The molecule has 0 spiro atoms. The van der Waals surface area contributed by atoms with Crippen molar-refractivity contribution < 1.29 is 4.79 Å². The van der Waals surface area contributed by atoms with Crippen LogP contribution in [0.1, 0.15) is 23.2 Å². The molecule has 0 atom stereocenters.